The van der Waals surface area contributed by atoms with Gasteiger partial charge < -0.3 is 19.8 Å². The fraction of sp³-hybridized carbons (Fsp3) is 0.542. The Hall–Kier alpha value is -2.76. The molecule has 0 bridgehead atoms. The molecule has 0 unspecified atom stereocenters. The maximum atomic E-state index is 12.8. The molecule has 1 aliphatic carbocycles. The summed E-state index contributed by atoms with van der Waals surface area (Å²) in [6, 6.07) is 6.68. The Balaban J connectivity index is 1.24. The second kappa shape index (κ2) is 10.9. The average Bonchev–Trinajstić information content (AvgIpc) is 3.37. The zero-order valence-corrected chi connectivity index (χ0v) is 20.6. The number of aromatic nitrogens is 4. The Kier molecular flexibility index (Phi) is 7.45. The van der Waals surface area contributed by atoms with Crippen molar-refractivity contribution in [2.75, 3.05) is 50.5 Å². The predicted octanol–water partition coefficient (Wildman–Crippen LogP) is 3.16. The number of morpholine rings is 1. The number of imidazole rings is 1. The van der Waals surface area contributed by atoms with Crippen LogP contribution in [0.2, 0.25) is 0 Å². The molecule has 35 heavy (non-hydrogen) atoms. The third kappa shape index (κ3) is 6.09. The van der Waals surface area contributed by atoms with Crippen molar-refractivity contribution in [3.05, 3.63) is 30.6 Å². The van der Waals surface area contributed by atoms with E-state index in [1.165, 1.54) is 32.1 Å². The first-order valence-corrected chi connectivity index (χ1v) is 14.0. The van der Waals surface area contributed by atoms with Crippen LogP contribution in [0, 0.1) is 5.92 Å². The van der Waals surface area contributed by atoms with E-state index in [0.29, 0.717) is 65.9 Å². The summed E-state index contributed by atoms with van der Waals surface area (Å²) in [5.41, 5.74) is 1.88. The minimum absolute atomic E-state index is 0.0837. The summed E-state index contributed by atoms with van der Waals surface area (Å²) < 4.78 is 37.0. The molecule has 5 rings (SSSR count). The lowest BCUT2D eigenvalue weighted by Crippen LogP contribution is -2.39. The number of ether oxygens (including phenoxy) is 2. The van der Waals surface area contributed by atoms with E-state index in [9.17, 15) is 8.42 Å². The predicted molar refractivity (Wildman–Crippen MR) is 133 cm³/mol. The summed E-state index contributed by atoms with van der Waals surface area (Å²) in [7, 11) is -3.37. The molecule has 1 aromatic carbocycles. The van der Waals surface area contributed by atoms with Gasteiger partial charge in [0, 0.05) is 25.3 Å². The molecule has 2 aromatic heterocycles. The van der Waals surface area contributed by atoms with Gasteiger partial charge in [0.25, 0.3) is 0 Å². The molecule has 1 saturated carbocycles. The molecule has 0 spiro atoms. The van der Waals surface area contributed by atoms with Crippen LogP contribution in [-0.2, 0) is 14.6 Å². The van der Waals surface area contributed by atoms with Crippen LogP contribution in [0.1, 0.15) is 32.1 Å². The van der Waals surface area contributed by atoms with Crippen LogP contribution in [0.4, 0.5) is 11.6 Å². The summed E-state index contributed by atoms with van der Waals surface area (Å²) in [5, 5.41) is 3.15. The number of rotatable bonds is 9. The van der Waals surface area contributed by atoms with Crippen LogP contribution in [0.5, 0.6) is 5.88 Å². The number of nitrogens with zero attached hydrogens (tertiary/aromatic N) is 4. The Bertz CT molecular complexity index is 1220. The molecule has 0 radical (unpaired) electrons. The van der Waals surface area contributed by atoms with Crippen molar-refractivity contribution in [1.29, 1.82) is 0 Å². The highest BCUT2D eigenvalue weighted by molar-refractivity contribution is 7.91. The molecule has 0 atom stereocenters. The van der Waals surface area contributed by atoms with Crippen LogP contribution in [-0.4, -0.2) is 78.5 Å². The Morgan fingerprint density at radius 1 is 1.09 bits per heavy atom. The molecule has 2 aliphatic rings. The normalized spacial score (nSPS) is 18.1. The monoisotopic (exact) mass is 500 g/mol. The van der Waals surface area contributed by atoms with Crippen LogP contribution in [0.25, 0.3) is 11.2 Å². The fourth-order valence-corrected chi connectivity index (χ4v) is 5.87. The molecule has 3 aromatic rings. The van der Waals surface area contributed by atoms with E-state index >= 15 is 0 Å². The number of sulfone groups is 1. The zero-order valence-electron chi connectivity index (χ0n) is 19.8. The largest absolute Gasteiger partial charge is 0.476 e. The number of H-pyrrole nitrogens is 1. The van der Waals surface area contributed by atoms with Crippen LogP contribution in [0.3, 0.4) is 0 Å². The van der Waals surface area contributed by atoms with Gasteiger partial charge in [0.1, 0.15) is 5.52 Å². The first-order valence-electron chi connectivity index (χ1n) is 12.3. The highest BCUT2D eigenvalue weighted by atomic mass is 32.2. The lowest BCUT2D eigenvalue weighted by atomic mass is 9.90. The van der Waals surface area contributed by atoms with Crippen molar-refractivity contribution in [1.82, 2.24) is 24.8 Å². The number of hydrogen-bond donors (Lipinski definition) is 2. The van der Waals surface area contributed by atoms with Crippen molar-refractivity contribution in [3.63, 3.8) is 0 Å². The fourth-order valence-electron chi connectivity index (χ4n) is 4.58. The summed E-state index contributed by atoms with van der Waals surface area (Å²) in [6.07, 6.45) is 7.75. The first kappa shape index (κ1) is 24.0. The molecule has 11 heteroatoms. The van der Waals surface area contributed by atoms with Gasteiger partial charge in [-0.25, -0.2) is 13.4 Å². The number of nitrogens with one attached hydrogen (secondary N) is 2. The molecule has 2 N–H and O–H groups in total. The number of hydrogen-bond acceptors (Lipinski definition) is 9. The third-order valence-electron chi connectivity index (χ3n) is 6.68. The van der Waals surface area contributed by atoms with Crippen LogP contribution in [0.15, 0.2) is 35.5 Å². The first-order chi connectivity index (χ1) is 17.1. The standard InChI is InChI=1S/C24H32N6O4S/c31-35(32,15-12-30-10-13-33-14-11-30)20-8-6-19(7-9-20)27-24-28-22-21(25-17-26-22)23(29-24)34-16-18-4-2-1-3-5-18/h6-9,17-18H,1-5,10-16H2,(H2,25,26,27,28,29). The maximum absolute atomic E-state index is 12.8. The number of benzene rings is 1. The van der Waals surface area contributed by atoms with E-state index in [1.807, 2.05) is 0 Å². The van der Waals surface area contributed by atoms with Crippen molar-refractivity contribution in [2.45, 2.75) is 37.0 Å². The molecule has 1 aliphatic heterocycles. The molecule has 10 nitrogen and oxygen atoms in total. The molecule has 2 fully saturated rings. The Morgan fingerprint density at radius 3 is 2.63 bits per heavy atom. The molecular formula is C24H32N6O4S. The van der Waals surface area contributed by atoms with Gasteiger partial charge in [-0.1, -0.05) is 19.3 Å². The lowest BCUT2D eigenvalue weighted by Gasteiger charge is -2.26. The Morgan fingerprint density at radius 2 is 1.86 bits per heavy atom. The molecule has 188 valence electrons. The van der Waals surface area contributed by atoms with Gasteiger partial charge in [0.05, 0.1) is 36.8 Å². The maximum Gasteiger partial charge on any atom is 0.245 e. The second-order valence-corrected chi connectivity index (χ2v) is 11.3. The molecule has 1 saturated heterocycles. The second-order valence-electron chi connectivity index (χ2n) is 9.19. The summed E-state index contributed by atoms with van der Waals surface area (Å²) >= 11 is 0. The highest BCUT2D eigenvalue weighted by Crippen LogP contribution is 2.27. The van der Waals surface area contributed by atoms with E-state index in [2.05, 4.69) is 30.2 Å². The van der Waals surface area contributed by atoms with E-state index in [1.54, 1.807) is 30.6 Å². The summed E-state index contributed by atoms with van der Waals surface area (Å²) in [6.45, 7) is 3.98. The van der Waals surface area contributed by atoms with Gasteiger partial charge in [-0.05, 0) is 43.0 Å². The minimum Gasteiger partial charge on any atom is -0.476 e. The van der Waals surface area contributed by atoms with Gasteiger partial charge in [0.2, 0.25) is 11.8 Å². The smallest absolute Gasteiger partial charge is 0.245 e. The zero-order chi connectivity index (χ0) is 24.1. The van der Waals surface area contributed by atoms with Gasteiger partial charge in [-0.3, -0.25) is 4.90 Å². The van der Waals surface area contributed by atoms with Crippen LogP contribution >= 0.6 is 0 Å². The average molecular weight is 501 g/mol. The topological polar surface area (TPSA) is 122 Å². The van der Waals surface area contributed by atoms with Gasteiger partial charge in [-0.15, -0.1) is 0 Å². The van der Waals surface area contributed by atoms with Gasteiger partial charge in [0.15, 0.2) is 15.5 Å². The van der Waals surface area contributed by atoms with Crippen molar-refractivity contribution in [2.24, 2.45) is 5.92 Å². The third-order valence-corrected chi connectivity index (χ3v) is 8.39. The van der Waals surface area contributed by atoms with Crippen molar-refractivity contribution >= 4 is 32.6 Å². The van der Waals surface area contributed by atoms with Gasteiger partial charge in [-0.2, -0.15) is 9.97 Å². The van der Waals surface area contributed by atoms with Crippen molar-refractivity contribution < 1.29 is 17.9 Å². The van der Waals surface area contributed by atoms with Gasteiger partial charge >= 0.3 is 0 Å². The SMILES string of the molecule is O=S(=O)(CCN1CCOCC1)c1ccc(Nc2nc(OCC3CCCCC3)c3[nH]cnc3n2)cc1. The number of anilines is 2. The molecule has 3 heterocycles. The highest BCUT2D eigenvalue weighted by Gasteiger charge is 2.19. The van der Waals surface area contributed by atoms with E-state index in [0.717, 1.165) is 13.1 Å². The summed E-state index contributed by atoms with van der Waals surface area (Å²) in [5.74, 6) is 1.46. The van der Waals surface area contributed by atoms with Crippen molar-refractivity contribution in [3.8, 4) is 5.88 Å². The number of aromatic amines is 1. The van der Waals surface area contributed by atoms with Crippen LogP contribution < -0.4 is 10.1 Å². The Labute approximate surface area is 205 Å². The molecule has 0 amide bonds. The summed E-state index contributed by atoms with van der Waals surface area (Å²) in [4.78, 5) is 18.8. The molecular weight excluding hydrogens is 468 g/mol. The minimum atomic E-state index is -3.37. The van der Waals surface area contributed by atoms with E-state index in [-0.39, 0.29) is 5.75 Å². The quantitative estimate of drug-likeness (QED) is 0.456. The van der Waals surface area contributed by atoms with E-state index < -0.39 is 9.84 Å². The van der Waals surface area contributed by atoms with E-state index in [4.69, 9.17) is 9.47 Å². The number of fused-ring (bicyclic) bond motifs is 1. The lowest BCUT2D eigenvalue weighted by molar-refractivity contribution is 0.0408.